The zero-order chi connectivity index (χ0) is 14.8. The largest absolute Gasteiger partial charge is 0.496 e. The van der Waals surface area contributed by atoms with E-state index < -0.39 is 0 Å². The van der Waals surface area contributed by atoms with Crippen molar-refractivity contribution in [2.24, 2.45) is 0 Å². The first-order valence-corrected chi connectivity index (χ1v) is 7.55. The van der Waals surface area contributed by atoms with Crippen molar-refractivity contribution in [3.05, 3.63) is 39.4 Å². The first-order valence-electron chi connectivity index (χ1n) is 6.56. The van der Waals surface area contributed by atoms with E-state index in [0.29, 0.717) is 35.4 Å². The normalized spacial score (nSPS) is 12.9. The van der Waals surface area contributed by atoms with E-state index in [1.807, 2.05) is 13.0 Å². The summed E-state index contributed by atoms with van der Waals surface area (Å²) in [7, 11) is 1.63. The number of aromatic amines is 1. The second-order valence-corrected chi connectivity index (χ2v) is 5.58. The number of nitrogens with zero attached hydrogens (tertiary/aromatic N) is 2. The summed E-state index contributed by atoms with van der Waals surface area (Å²) in [6.45, 7) is 2.45. The van der Waals surface area contributed by atoms with E-state index in [0.717, 1.165) is 17.0 Å². The highest BCUT2D eigenvalue weighted by molar-refractivity contribution is 7.98. The van der Waals surface area contributed by atoms with Gasteiger partial charge >= 0.3 is 0 Å². The zero-order valence-corrected chi connectivity index (χ0v) is 12.6. The van der Waals surface area contributed by atoms with Crippen molar-refractivity contribution in [2.75, 3.05) is 13.7 Å². The van der Waals surface area contributed by atoms with Crippen LogP contribution < -0.4 is 15.0 Å². The molecule has 7 heteroatoms. The van der Waals surface area contributed by atoms with Gasteiger partial charge in [-0.3, -0.25) is 9.78 Å². The van der Waals surface area contributed by atoms with Crippen molar-refractivity contribution in [1.82, 2.24) is 15.0 Å². The number of nitrogens with one attached hydrogen (secondary N) is 1. The first-order chi connectivity index (χ1) is 10.2. The molecule has 110 valence electrons. The molecule has 6 nitrogen and oxygen atoms in total. The number of aromatic nitrogens is 3. The van der Waals surface area contributed by atoms with Crippen molar-refractivity contribution in [2.45, 2.75) is 24.3 Å². The van der Waals surface area contributed by atoms with Crippen molar-refractivity contribution < 1.29 is 9.47 Å². The molecule has 0 saturated carbocycles. The minimum Gasteiger partial charge on any atom is -0.496 e. The number of fused-ring (bicyclic) bond motifs is 1. The van der Waals surface area contributed by atoms with Crippen molar-refractivity contribution >= 4 is 11.8 Å². The molecule has 3 rings (SSSR count). The number of thioether (sulfide) groups is 1. The van der Waals surface area contributed by atoms with Gasteiger partial charge in [0.15, 0.2) is 5.16 Å². The van der Waals surface area contributed by atoms with Crippen molar-refractivity contribution in [1.29, 1.82) is 0 Å². The summed E-state index contributed by atoms with van der Waals surface area (Å²) in [6.07, 6.45) is 2.34. The molecule has 0 bridgehead atoms. The Labute approximate surface area is 125 Å². The van der Waals surface area contributed by atoms with Crippen LogP contribution in [-0.4, -0.2) is 28.7 Å². The minimum atomic E-state index is -0.116. The average Bonchev–Trinajstić information content (AvgIpc) is 2.94. The van der Waals surface area contributed by atoms with Crippen LogP contribution in [0.2, 0.25) is 0 Å². The van der Waals surface area contributed by atoms with Crippen LogP contribution >= 0.6 is 11.8 Å². The van der Waals surface area contributed by atoms with E-state index >= 15 is 0 Å². The van der Waals surface area contributed by atoms with E-state index in [1.54, 1.807) is 13.3 Å². The van der Waals surface area contributed by atoms with Gasteiger partial charge in [0.2, 0.25) is 5.88 Å². The van der Waals surface area contributed by atoms with Crippen LogP contribution in [0.3, 0.4) is 0 Å². The van der Waals surface area contributed by atoms with Crippen LogP contribution in [0, 0.1) is 6.92 Å². The Hall–Kier alpha value is -2.02. The van der Waals surface area contributed by atoms with E-state index in [2.05, 4.69) is 15.0 Å². The van der Waals surface area contributed by atoms with Gasteiger partial charge in [-0.25, -0.2) is 0 Å². The van der Waals surface area contributed by atoms with Gasteiger partial charge in [0.1, 0.15) is 5.75 Å². The lowest BCUT2D eigenvalue weighted by atomic mass is 10.2. The molecule has 0 fully saturated rings. The summed E-state index contributed by atoms with van der Waals surface area (Å²) in [6, 6.07) is 1.82. The third-order valence-electron chi connectivity index (χ3n) is 3.35. The average molecular weight is 305 g/mol. The van der Waals surface area contributed by atoms with Gasteiger partial charge in [-0.2, -0.15) is 4.98 Å². The van der Waals surface area contributed by atoms with Gasteiger partial charge < -0.3 is 14.5 Å². The molecule has 1 aliphatic rings. The van der Waals surface area contributed by atoms with Gasteiger partial charge in [-0.1, -0.05) is 11.8 Å². The third kappa shape index (κ3) is 2.73. The summed E-state index contributed by atoms with van der Waals surface area (Å²) in [4.78, 5) is 23.3. The number of methoxy groups -OCH3 is 1. The predicted molar refractivity (Wildman–Crippen MR) is 79.1 cm³/mol. The predicted octanol–water partition coefficient (Wildman–Crippen LogP) is 1.71. The molecule has 0 saturated heterocycles. The highest BCUT2D eigenvalue weighted by atomic mass is 32.2. The molecule has 2 aromatic heterocycles. The highest BCUT2D eigenvalue weighted by Crippen LogP contribution is 2.29. The summed E-state index contributed by atoms with van der Waals surface area (Å²) in [5.41, 5.74) is 2.42. The van der Waals surface area contributed by atoms with E-state index in [-0.39, 0.29) is 5.56 Å². The topological polar surface area (TPSA) is 77.1 Å². The molecule has 2 aromatic rings. The minimum absolute atomic E-state index is 0.116. The molecular weight excluding hydrogens is 290 g/mol. The Bertz CT molecular complexity index is 730. The molecule has 0 spiro atoms. The van der Waals surface area contributed by atoms with Crippen LogP contribution in [-0.2, 0) is 12.2 Å². The molecule has 1 aliphatic heterocycles. The first kappa shape index (κ1) is 13.9. The number of H-pyrrole nitrogens is 1. The van der Waals surface area contributed by atoms with Gasteiger partial charge in [0.25, 0.3) is 5.56 Å². The molecular formula is C14H15N3O3S. The number of rotatable bonds is 4. The zero-order valence-electron chi connectivity index (χ0n) is 11.8. The quantitative estimate of drug-likeness (QED) is 0.684. The fourth-order valence-corrected chi connectivity index (χ4v) is 3.14. The molecule has 3 heterocycles. The Kier molecular flexibility index (Phi) is 3.83. The van der Waals surface area contributed by atoms with Gasteiger partial charge in [0, 0.05) is 29.6 Å². The Morgan fingerprint density at radius 1 is 1.52 bits per heavy atom. The monoisotopic (exact) mass is 305 g/mol. The third-order valence-corrected chi connectivity index (χ3v) is 4.25. The maximum Gasteiger partial charge on any atom is 0.258 e. The van der Waals surface area contributed by atoms with Crippen LogP contribution in [0.25, 0.3) is 0 Å². The maximum atomic E-state index is 11.9. The Morgan fingerprint density at radius 2 is 2.38 bits per heavy atom. The van der Waals surface area contributed by atoms with E-state index in [1.165, 1.54) is 11.8 Å². The highest BCUT2D eigenvalue weighted by Gasteiger charge is 2.19. The van der Waals surface area contributed by atoms with Crippen molar-refractivity contribution in [3.63, 3.8) is 0 Å². The molecule has 0 aromatic carbocycles. The number of aryl methyl sites for hydroxylation is 1. The second kappa shape index (κ2) is 5.77. The fourth-order valence-electron chi connectivity index (χ4n) is 2.20. The SMILES string of the molecule is COc1ccnc(C)c1CSc1nc2c(c(=O)[nH]1)CCO2. The lowest BCUT2D eigenvalue weighted by molar-refractivity contribution is 0.342. The molecule has 0 radical (unpaired) electrons. The molecule has 0 unspecified atom stereocenters. The lowest BCUT2D eigenvalue weighted by Gasteiger charge is -2.10. The molecule has 0 aliphatic carbocycles. The van der Waals surface area contributed by atoms with Gasteiger partial charge in [-0.15, -0.1) is 0 Å². The second-order valence-electron chi connectivity index (χ2n) is 4.62. The number of ether oxygens (including phenoxy) is 2. The molecule has 21 heavy (non-hydrogen) atoms. The number of hydrogen-bond acceptors (Lipinski definition) is 6. The summed E-state index contributed by atoms with van der Waals surface area (Å²) >= 11 is 1.43. The molecule has 0 amide bonds. The summed E-state index contributed by atoms with van der Waals surface area (Å²) < 4.78 is 10.7. The van der Waals surface area contributed by atoms with Crippen LogP contribution in [0.4, 0.5) is 0 Å². The van der Waals surface area contributed by atoms with Crippen LogP contribution in [0.1, 0.15) is 16.8 Å². The maximum absolute atomic E-state index is 11.9. The van der Waals surface area contributed by atoms with Crippen molar-refractivity contribution in [3.8, 4) is 11.6 Å². The van der Waals surface area contributed by atoms with Gasteiger partial charge in [0.05, 0.1) is 19.3 Å². The number of hydrogen-bond donors (Lipinski definition) is 1. The van der Waals surface area contributed by atoms with E-state index in [9.17, 15) is 4.79 Å². The van der Waals surface area contributed by atoms with E-state index in [4.69, 9.17) is 9.47 Å². The smallest absolute Gasteiger partial charge is 0.258 e. The fraction of sp³-hybridized carbons (Fsp3) is 0.357. The molecule has 1 N–H and O–H groups in total. The molecule has 0 atom stereocenters. The standard InChI is InChI=1S/C14H15N3O3S/c1-8-10(11(19-2)3-5-15-8)7-21-14-16-12(18)9-4-6-20-13(9)17-14/h3,5H,4,6-7H2,1-2H3,(H,16,17,18). The summed E-state index contributed by atoms with van der Waals surface area (Å²) in [5.74, 6) is 1.86. The Morgan fingerprint density at radius 3 is 3.19 bits per heavy atom. The number of pyridine rings is 1. The van der Waals surface area contributed by atoms with Crippen LogP contribution in [0.15, 0.2) is 22.2 Å². The van der Waals surface area contributed by atoms with Crippen LogP contribution in [0.5, 0.6) is 11.6 Å². The Balaban J connectivity index is 1.83. The van der Waals surface area contributed by atoms with Gasteiger partial charge in [-0.05, 0) is 13.0 Å². The summed E-state index contributed by atoms with van der Waals surface area (Å²) in [5, 5.41) is 0.547. The lowest BCUT2D eigenvalue weighted by Crippen LogP contribution is -2.12.